The maximum Gasteiger partial charge on any atom is 0.253 e. The summed E-state index contributed by atoms with van der Waals surface area (Å²) in [7, 11) is 3.48. The maximum atomic E-state index is 11.9. The van der Waals surface area contributed by atoms with Gasteiger partial charge in [0, 0.05) is 45.2 Å². The van der Waals surface area contributed by atoms with E-state index in [0.29, 0.717) is 31.1 Å². The fraction of sp³-hybridized carbons (Fsp3) is 0.550. The van der Waals surface area contributed by atoms with Gasteiger partial charge in [-0.2, -0.15) is 0 Å². The normalized spacial score (nSPS) is 13.3. The number of rotatable bonds is 9. The van der Waals surface area contributed by atoms with Crippen molar-refractivity contribution >= 4 is 41.8 Å². The molecule has 0 radical (unpaired) electrons. The average Bonchev–Trinajstić information content (AvgIpc) is 3.46. The predicted molar refractivity (Wildman–Crippen MR) is 123 cm³/mol. The van der Waals surface area contributed by atoms with Gasteiger partial charge in [0.05, 0.1) is 6.54 Å². The second-order valence-electron chi connectivity index (χ2n) is 6.96. The summed E-state index contributed by atoms with van der Waals surface area (Å²) in [5.74, 6) is 0.855. The highest BCUT2D eigenvalue weighted by molar-refractivity contribution is 14.0. The van der Waals surface area contributed by atoms with E-state index >= 15 is 0 Å². The molecule has 156 valence electrons. The Morgan fingerprint density at radius 1 is 1.14 bits per heavy atom. The van der Waals surface area contributed by atoms with Gasteiger partial charge in [-0.1, -0.05) is 12.1 Å². The molecule has 8 heteroatoms. The highest BCUT2D eigenvalue weighted by Crippen LogP contribution is 2.18. The summed E-state index contributed by atoms with van der Waals surface area (Å²) in [6, 6.07) is 7.92. The van der Waals surface area contributed by atoms with Gasteiger partial charge in [0.25, 0.3) is 5.91 Å². The van der Waals surface area contributed by atoms with Crippen molar-refractivity contribution in [2.45, 2.75) is 45.2 Å². The van der Waals surface area contributed by atoms with E-state index in [-0.39, 0.29) is 35.8 Å². The van der Waals surface area contributed by atoms with Crippen LogP contribution in [-0.4, -0.2) is 55.9 Å². The standard InChI is InChI=1S/C20H31N5O2.HI/c1-4-21-20(22-13-5-6-18(26)24-17-11-12-17)23-14-15-7-9-16(10-8-15)19(27)25(2)3;/h7-10,17H,4-6,11-14H2,1-3H3,(H,24,26)(H2,21,22,23);1H. The van der Waals surface area contributed by atoms with Crippen molar-refractivity contribution in [1.82, 2.24) is 20.9 Å². The van der Waals surface area contributed by atoms with Crippen LogP contribution in [0.1, 0.15) is 48.5 Å². The summed E-state index contributed by atoms with van der Waals surface area (Å²) in [5.41, 5.74) is 1.70. The highest BCUT2D eigenvalue weighted by Gasteiger charge is 2.22. The van der Waals surface area contributed by atoms with Crippen molar-refractivity contribution in [3.63, 3.8) is 0 Å². The van der Waals surface area contributed by atoms with Crippen LogP contribution in [0.3, 0.4) is 0 Å². The quantitative estimate of drug-likeness (QED) is 0.210. The van der Waals surface area contributed by atoms with Crippen molar-refractivity contribution < 1.29 is 9.59 Å². The molecule has 7 nitrogen and oxygen atoms in total. The van der Waals surface area contributed by atoms with E-state index in [2.05, 4.69) is 20.9 Å². The monoisotopic (exact) mass is 501 g/mol. The molecule has 0 aliphatic heterocycles. The minimum atomic E-state index is -0.00854. The Balaban J connectivity index is 0.00000392. The third kappa shape index (κ3) is 8.90. The third-order valence-electron chi connectivity index (χ3n) is 4.19. The Kier molecular flexibility index (Phi) is 10.9. The van der Waals surface area contributed by atoms with Crippen LogP contribution in [0.15, 0.2) is 29.3 Å². The number of hydrogen-bond donors (Lipinski definition) is 3. The molecule has 1 aliphatic carbocycles. The van der Waals surface area contributed by atoms with Gasteiger partial charge in [-0.3, -0.25) is 9.59 Å². The molecule has 1 aliphatic rings. The fourth-order valence-electron chi connectivity index (χ4n) is 2.51. The third-order valence-corrected chi connectivity index (χ3v) is 4.19. The lowest BCUT2D eigenvalue weighted by molar-refractivity contribution is -0.121. The first-order valence-corrected chi connectivity index (χ1v) is 9.61. The molecular weight excluding hydrogens is 469 g/mol. The summed E-state index contributed by atoms with van der Waals surface area (Å²) >= 11 is 0. The highest BCUT2D eigenvalue weighted by atomic mass is 127. The summed E-state index contributed by atoms with van der Waals surface area (Å²) in [6.07, 6.45) is 3.53. The number of nitrogens with zero attached hydrogens (tertiary/aromatic N) is 2. The van der Waals surface area contributed by atoms with Gasteiger partial charge >= 0.3 is 0 Å². The van der Waals surface area contributed by atoms with E-state index in [1.165, 1.54) is 0 Å². The van der Waals surface area contributed by atoms with Crippen LogP contribution in [0.5, 0.6) is 0 Å². The molecule has 0 aromatic heterocycles. The largest absolute Gasteiger partial charge is 0.357 e. The van der Waals surface area contributed by atoms with E-state index < -0.39 is 0 Å². The number of benzene rings is 1. The van der Waals surface area contributed by atoms with Crippen LogP contribution < -0.4 is 16.0 Å². The summed E-state index contributed by atoms with van der Waals surface area (Å²) in [5, 5.41) is 9.46. The first kappa shape index (κ1) is 24.2. The maximum absolute atomic E-state index is 11.9. The zero-order valence-electron chi connectivity index (χ0n) is 17.0. The molecule has 1 aromatic rings. The van der Waals surface area contributed by atoms with Gasteiger partial charge in [-0.15, -0.1) is 24.0 Å². The Bertz CT molecular complexity index is 657. The van der Waals surface area contributed by atoms with E-state index in [9.17, 15) is 9.59 Å². The van der Waals surface area contributed by atoms with E-state index in [1.54, 1.807) is 19.0 Å². The Morgan fingerprint density at radius 2 is 1.82 bits per heavy atom. The molecule has 1 fully saturated rings. The second kappa shape index (κ2) is 12.6. The van der Waals surface area contributed by atoms with Crippen LogP contribution in [0, 0.1) is 0 Å². The van der Waals surface area contributed by atoms with Gasteiger partial charge in [-0.05, 0) is 43.9 Å². The molecule has 0 saturated heterocycles. The van der Waals surface area contributed by atoms with E-state index in [4.69, 9.17) is 0 Å². The van der Waals surface area contributed by atoms with Crippen LogP contribution >= 0.6 is 24.0 Å². The van der Waals surface area contributed by atoms with Gasteiger partial charge < -0.3 is 20.9 Å². The molecule has 2 amide bonds. The SMILES string of the molecule is CCNC(=NCc1ccc(C(=O)N(C)C)cc1)NCCCC(=O)NC1CC1.I. The van der Waals surface area contributed by atoms with Gasteiger partial charge in [0.15, 0.2) is 5.96 Å². The van der Waals surface area contributed by atoms with Crippen LogP contribution in [-0.2, 0) is 11.3 Å². The molecular formula is C20H32IN5O2. The smallest absolute Gasteiger partial charge is 0.253 e. The summed E-state index contributed by atoms with van der Waals surface area (Å²) in [6.45, 7) is 4.00. The number of aliphatic imine (C=N–C) groups is 1. The van der Waals surface area contributed by atoms with Crippen molar-refractivity contribution in [2.24, 2.45) is 4.99 Å². The predicted octanol–water partition coefficient (Wildman–Crippen LogP) is 2.12. The zero-order valence-corrected chi connectivity index (χ0v) is 19.3. The van der Waals surface area contributed by atoms with E-state index in [1.807, 2.05) is 31.2 Å². The molecule has 28 heavy (non-hydrogen) atoms. The number of carbonyl (C=O) groups excluding carboxylic acids is 2. The second-order valence-corrected chi connectivity index (χ2v) is 6.96. The van der Waals surface area contributed by atoms with Crippen LogP contribution in [0.2, 0.25) is 0 Å². The number of guanidine groups is 1. The lowest BCUT2D eigenvalue weighted by Gasteiger charge is -2.12. The first-order valence-electron chi connectivity index (χ1n) is 9.61. The van der Waals surface area contributed by atoms with Gasteiger partial charge in [0.1, 0.15) is 0 Å². The number of halogens is 1. The molecule has 2 rings (SSSR count). The van der Waals surface area contributed by atoms with Crippen LogP contribution in [0.4, 0.5) is 0 Å². The lowest BCUT2D eigenvalue weighted by atomic mass is 10.1. The first-order chi connectivity index (χ1) is 13.0. The minimum Gasteiger partial charge on any atom is -0.357 e. The summed E-state index contributed by atoms with van der Waals surface area (Å²) in [4.78, 5) is 29.7. The number of nitrogens with one attached hydrogen (secondary N) is 3. The Hall–Kier alpha value is -1.84. The molecule has 1 aromatic carbocycles. The molecule has 0 bridgehead atoms. The van der Waals surface area contributed by atoms with Crippen molar-refractivity contribution in [3.05, 3.63) is 35.4 Å². The molecule has 3 N–H and O–H groups in total. The van der Waals surface area contributed by atoms with E-state index in [0.717, 1.165) is 37.3 Å². The Morgan fingerprint density at radius 3 is 2.39 bits per heavy atom. The lowest BCUT2D eigenvalue weighted by Crippen LogP contribution is -2.38. The molecule has 0 unspecified atom stereocenters. The fourth-order valence-corrected chi connectivity index (χ4v) is 2.51. The summed E-state index contributed by atoms with van der Waals surface area (Å²) < 4.78 is 0. The van der Waals surface area contributed by atoms with Gasteiger partial charge in [0.2, 0.25) is 5.91 Å². The molecule has 0 spiro atoms. The number of hydrogen-bond acceptors (Lipinski definition) is 3. The van der Waals surface area contributed by atoms with Crippen molar-refractivity contribution in [3.8, 4) is 0 Å². The number of carbonyl (C=O) groups is 2. The molecule has 0 heterocycles. The molecule has 0 atom stereocenters. The number of amides is 2. The van der Waals surface area contributed by atoms with Crippen molar-refractivity contribution in [1.29, 1.82) is 0 Å². The van der Waals surface area contributed by atoms with Crippen LogP contribution in [0.25, 0.3) is 0 Å². The van der Waals surface area contributed by atoms with Crippen molar-refractivity contribution in [2.75, 3.05) is 27.2 Å². The average molecular weight is 501 g/mol. The topological polar surface area (TPSA) is 85.8 Å². The zero-order chi connectivity index (χ0) is 19.6. The minimum absolute atomic E-state index is 0. The Labute approximate surface area is 184 Å². The van der Waals surface area contributed by atoms with Gasteiger partial charge in [-0.25, -0.2) is 4.99 Å². The molecule has 1 saturated carbocycles.